The highest BCUT2D eigenvalue weighted by molar-refractivity contribution is 7.07. The van der Waals surface area contributed by atoms with Gasteiger partial charge in [-0.3, -0.25) is 0 Å². The molecule has 1 aliphatic heterocycles. The van der Waals surface area contributed by atoms with E-state index in [4.69, 9.17) is 0 Å². The van der Waals surface area contributed by atoms with E-state index >= 15 is 0 Å². The van der Waals surface area contributed by atoms with E-state index in [1.807, 2.05) is 6.20 Å². The molecular weight excluding hydrogens is 242 g/mol. The summed E-state index contributed by atoms with van der Waals surface area (Å²) in [7, 11) is 0. The first-order valence-electron chi connectivity index (χ1n) is 6.38. The van der Waals surface area contributed by atoms with Crippen LogP contribution in [0.5, 0.6) is 0 Å². The van der Waals surface area contributed by atoms with Gasteiger partial charge in [0.15, 0.2) is 0 Å². The summed E-state index contributed by atoms with van der Waals surface area (Å²) in [5, 5.41) is 7.66. The van der Waals surface area contributed by atoms with Crippen molar-refractivity contribution >= 4 is 22.8 Å². The van der Waals surface area contributed by atoms with E-state index in [9.17, 15) is 0 Å². The van der Waals surface area contributed by atoms with Crippen molar-refractivity contribution in [2.75, 3.05) is 23.3 Å². The molecule has 1 aliphatic rings. The highest BCUT2D eigenvalue weighted by Crippen LogP contribution is 2.19. The van der Waals surface area contributed by atoms with Crippen molar-refractivity contribution in [1.82, 2.24) is 4.98 Å². The number of anilines is 2. The van der Waals surface area contributed by atoms with E-state index < -0.39 is 0 Å². The predicted octanol–water partition coefficient (Wildman–Crippen LogP) is 3.36. The Hall–Kier alpha value is -1.55. The molecule has 0 aliphatic carbocycles. The van der Waals surface area contributed by atoms with E-state index in [0.717, 1.165) is 31.1 Å². The van der Waals surface area contributed by atoms with E-state index in [0.29, 0.717) is 0 Å². The van der Waals surface area contributed by atoms with Crippen molar-refractivity contribution in [3.63, 3.8) is 0 Å². The van der Waals surface area contributed by atoms with E-state index in [2.05, 4.69) is 44.2 Å². The van der Waals surface area contributed by atoms with Crippen LogP contribution in [0.4, 0.5) is 11.5 Å². The number of thiophene rings is 1. The molecule has 0 bridgehead atoms. The lowest BCUT2D eigenvalue weighted by Gasteiger charge is -2.16. The number of hydrogen-bond donors (Lipinski definition) is 1. The summed E-state index contributed by atoms with van der Waals surface area (Å²) in [5.74, 6) is 1.11. The maximum absolute atomic E-state index is 4.53. The Labute approximate surface area is 111 Å². The van der Waals surface area contributed by atoms with Crippen molar-refractivity contribution < 1.29 is 0 Å². The molecule has 0 amide bonds. The lowest BCUT2D eigenvalue weighted by Crippen LogP contribution is -2.18. The molecule has 18 heavy (non-hydrogen) atoms. The van der Waals surface area contributed by atoms with Crippen molar-refractivity contribution in [3.8, 4) is 0 Å². The number of pyridine rings is 1. The molecule has 1 fully saturated rings. The molecule has 94 valence electrons. The zero-order valence-corrected chi connectivity index (χ0v) is 11.1. The molecule has 0 radical (unpaired) electrons. The third-order valence-electron chi connectivity index (χ3n) is 3.25. The molecule has 0 spiro atoms. The van der Waals surface area contributed by atoms with Crippen LogP contribution in [0.25, 0.3) is 0 Å². The minimum atomic E-state index is 0.869. The van der Waals surface area contributed by atoms with Crippen LogP contribution in [0.1, 0.15) is 18.4 Å². The fourth-order valence-electron chi connectivity index (χ4n) is 2.22. The predicted molar refractivity (Wildman–Crippen MR) is 77.3 cm³/mol. The van der Waals surface area contributed by atoms with Gasteiger partial charge in [-0.15, -0.1) is 0 Å². The van der Waals surface area contributed by atoms with Gasteiger partial charge in [-0.1, -0.05) is 0 Å². The van der Waals surface area contributed by atoms with Crippen molar-refractivity contribution in [2.45, 2.75) is 19.4 Å². The highest BCUT2D eigenvalue weighted by atomic mass is 32.1. The zero-order chi connectivity index (χ0) is 12.2. The Morgan fingerprint density at radius 1 is 1.22 bits per heavy atom. The second kappa shape index (κ2) is 5.40. The maximum atomic E-state index is 4.53. The largest absolute Gasteiger partial charge is 0.380 e. The van der Waals surface area contributed by atoms with Crippen LogP contribution >= 0.6 is 11.3 Å². The lowest BCUT2D eigenvalue weighted by atomic mass is 10.3. The standard InChI is InChI=1S/C14H17N3S/c1-2-7-17(6-1)14-4-3-13(10-16-14)15-9-12-5-8-18-11-12/h3-5,8,10-11,15H,1-2,6-7,9H2. The van der Waals surface area contributed by atoms with Crippen LogP contribution in [0, 0.1) is 0 Å². The van der Waals surface area contributed by atoms with Crippen LogP contribution in [0.2, 0.25) is 0 Å². The van der Waals surface area contributed by atoms with Gasteiger partial charge >= 0.3 is 0 Å². The van der Waals surface area contributed by atoms with Gasteiger partial charge in [0.1, 0.15) is 5.82 Å². The van der Waals surface area contributed by atoms with Crippen molar-refractivity contribution in [2.24, 2.45) is 0 Å². The molecule has 2 aromatic heterocycles. The summed E-state index contributed by atoms with van der Waals surface area (Å²) in [6.45, 7) is 3.16. The molecular formula is C14H17N3S. The zero-order valence-electron chi connectivity index (χ0n) is 10.3. The van der Waals surface area contributed by atoms with Crippen LogP contribution < -0.4 is 10.2 Å². The van der Waals surface area contributed by atoms with E-state index in [1.165, 1.54) is 18.4 Å². The number of hydrogen-bond acceptors (Lipinski definition) is 4. The number of rotatable bonds is 4. The molecule has 2 aromatic rings. The van der Waals surface area contributed by atoms with Gasteiger partial charge in [-0.25, -0.2) is 4.98 Å². The Morgan fingerprint density at radius 3 is 2.78 bits per heavy atom. The summed E-state index contributed by atoms with van der Waals surface area (Å²) in [4.78, 5) is 6.88. The quantitative estimate of drug-likeness (QED) is 0.912. The smallest absolute Gasteiger partial charge is 0.128 e. The van der Waals surface area contributed by atoms with Crippen molar-refractivity contribution in [3.05, 3.63) is 40.7 Å². The molecule has 0 aromatic carbocycles. The summed E-state index contributed by atoms with van der Waals surface area (Å²) < 4.78 is 0. The number of nitrogens with one attached hydrogen (secondary N) is 1. The van der Waals surface area contributed by atoms with E-state index in [1.54, 1.807) is 11.3 Å². The first-order chi connectivity index (χ1) is 8.92. The Bertz CT molecular complexity index is 472. The molecule has 0 atom stereocenters. The molecule has 3 rings (SSSR count). The highest BCUT2D eigenvalue weighted by Gasteiger charge is 2.12. The van der Waals surface area contributed by atoms with Gasteiger partial charge in [0.25, 0.3) is 0 Å². The van der Waals surface area contributed by atoms with Gasteiger partial charge in [0.2, 0.25) is 0 Å². The van der Waals surface area contributed by atoms with Crippen LogP contribution in [-0.4, -0.2) is 18.1 Å². The molecule has 0 unspecified atom stereocenters. The first-order valence-corrected chi connectivity index (χ1v) is 7.32. The SMILES string of the molecule is c1cc(CNc2ccc(N3CCCC3)nc2)cs1. The minimum Gasteiger partial charge on any atom is -0.380 e. The Balaban J connectivity index is 1.60. The fraction of sp³-hybridized carbons (Fsp3) is 0.357. The average molecular weight is 259 g/mol. The van der Waals surface area contributed by atoms with Gasteiger partial charge in [0.05, 0.1) is 11.9 Å². The van der Waals surface area contributed by atoms with Crippen LogP contribution in [-0.2, 0) is 6.54 Å². The summed E-state index contributed by atoms with van der Waals surface area (Å²) in [6.07, 6.45) is 4.51. The number of nitrogens with zero attached hydrogens (tertiary/aromatic N) is 2. The lowest BCUT2D eigenvalue weighted by molar-refractivity contribution is 0.937. The molecule has 1 saturated heterocycles. The molecule has 4 heteroatoms. The van der Waals surface area contributed by atoms with Crippen LogP contribution in [0.3, 0.4) is 0 Å². The fourth-order valence-corrected chi connectivity index (χ4v) is 2.89. The van der Waals surface area contributed by atoms with Crippen LogP contribution in [0.15, 0.2) is 35.2 Å². The maximum Gasteiger partial charge on any atom is 0.128 e. The Morgan fingerprint density at radius 2 is 2.11 bits per heavy atom. The molecule has 3 heterocycles. The molecule has 1 N–H and O–H groups in total. The van der Waals surface area contributed by atoms with Gasteiger partial charge in [-0.2, -0.15) is 11.3 Å². The Kier molecular flexibility index (Phi) is 3.46. The topological polar surface area (TPSA) is 28.2 Å². The normalized spacial score (nSPS) is 15.0. The number of aromatic nitrogens is 1. The summed E-state index contributed by atoms with van der Waals surface area (Å²) in [6, 6.07) is 6.37. The van der Waals surface area contributed by atoms with Gasteiger partial charge in [-0.05, 0) is 47.4 Å². The second-order valence-corrected chi connectivity index (χ2v) is 5.36. The monoisotopic (exact) mass is 259 g/mol. The first kappa shape index (κ1) is 11.5. The second-order valence-electron chi connectivity index (χ2n) is 4.58. The third-order valence-corrected chi connectivity index (χ3v) is 3.99. The minimum absolute atomic E-state index is 0.869. The van der Waals surface area contributed by atoms with Crippen molar-refractivity contribution in [1.29, 1.82) is 0 Å². The molecule has 0 saturated carbocycles. The average Bonchev–Trinajstić information content (AvgIpc) is 3.10. The van der Waals surface area contributed by atoms with Gasteiger partial charge < -0.3 is 10.2 Å². The van der Waals surface area contributed by atoms with Gasteiger partial charge in [0, 0.05) is 19.6 Å². The summed E-state index contributed by atoms with van der Waals surface area (Å²) in [5.41, 5.74) is 2.41. The summed E-state index contributed by atoms with van der Waals surface area (Å²) >= 11 is 1.73. The third kappa shape index (κ3) is 2.64. The van der Waals surface area contributed by atoms with E-state index in [-0.39, 0.29) is 0 Å². The molecule has 3 nitrogen and oxygen atoms in total.